The molecule has 0 bridgehead atoms. The Balaban J connectivity index is 1.59. The summed E-state index contributed by atoms with van der Waals surface area (Å²) in [5, 5.41) is 3.07. The van der Waals surface area contributed by atoms with Gasteiger partial charge in [-0.05, 0) is 37.6 Å². The number of aryl methyl sites for hydroxylation is 2. The van der Waals surface area contributed by atoms with E-state index in [0.29, 0.717) is 38.8 Å². The Morgan fingerprint density at radius 1 is 1.38 bits per heavy atom. The summed E-state index contributed by atoms with van der Waals surface area (Å²) in [7, 11) is 0. The molecule has 2 aromatic heterocycles. The third kappa shape index (κ3) is 3.84. The molecular weight excluding hydrogens is 342 g/mol. The molecule has 3 heterocycles. The predicted molar refractivity (Wildman–Crippen MR) is 97.0 cm³/mol. The molecule has 0 radical (unpaired) electrons. The molecule has 0 unspecified atom stereocenters. The number of piperidine rings is 1. The molecule has 2 N–H and O–H groups in total. The van der Waals surface area contributed by atoms with Crippen LogP contribution in [0.15, 0.2) is 17.5 Å². The Morgan fingerprint density at radius 3 is 2.75 bits per heavy atom. The number of hydrogen-bond donors (Lipinski definition) is 1. The number of thiophene rings is 1. The van der Waals surface area contributed by atoms with Crippen molar-refractivity contribution in [1.82, 2.24) is 9.88 Å². The highest BCUT2D eigenvalue weighted by Crippen LogP contribution is 2.32. The minimum Gasteiger partial charge on any atom is -0.369 e. The van der Waals surface area contributed by atoms with E-state index in [2.05, 4.69) is 11.1 Å². The van der Waals surface area contributed by atoms with Crippen molar-refractivity contribution in [3.8, 4) is 10.6 Å². The minimum absolute atomic E-state index is 0.0800. The molecule has 1 saturated heterocycles. The number of hydrogen-bond acceptors (Lipinski definition) is 5. The number of thiazole rings is 1. The van der Waals surface area contributed by atoms with Gasteiger partial charge in [0.2, 0.25) is 11.8 Å². The Kier molecular flexibility index (Phi) is 5.30. The lowest BCUT2D eigenvalue weighted by Crippen LogP contribution is -2.41. The zero-order chi connectivity index (χ0) is 17.1. The van der Waals surface area contributed by atoms with E-state index < -0.39 is 0 Å². The number of rotatable bonds is 5. The topological polar surface area (TPSA) is 76.3 Å². The highest BCUT2D eigenvalue weighted by molar-refractivity contribution is 7.15. The van der Waals surface area contributed by atoms with E-state index in [1.807, 2.05) is 23.3 Å². The first kappa shape index (κ1) is 17.1. The van der Waals surface area contributed by atoms with Crippen LogP contribution in [-0.4, -0.2) is 34.8 Å². The van der Waals surface area contributed by atoms with Crippen LogP contribution in [0, 0.1) is 12.8 Å². The fourth-order valence-corrected chi connectivity index (χ4v) is 4.79. The fourth-order valence-electron chi connectivity index (χ4n) is 3.04. The van der Waals surface area contributed by atoms with Crippen molar-refractivity contribution in [2.75, 3.05) is 13.1 Å². The number of primary amides is 1. The van der Waals surface area contributed by atoms with Crippen LogP contribution in [0.2, 0.25) is 0 Å². The van der Waals surface area contributed by atoms with Crippen LogP contribution >= 0.6 is 22.7 Å². The molecule has 5 nitrogen and oxygen atoms in total. The second-order valence-corrected chi connectivity index (χ2v) is 8.27. The van der Waals surface area contributed by atoms with Gasteiger partial charge in [-0.15, -0.1) is 22.7 Å². The zero-order valence-corrected chi connectivity index (χ0v) is 15.3. The van der Waals surface area contributed by atoms with Gasteiger partial charge in [0.15, 0.2) is 0 Å². The summed E-state index contributed by atoms with van der Waals surface area (Å²) in [5.41, 5.74) is 6.36. The van der Waals surface area contributed by atoms with E-state index in [4.69, 9.17) is 5.73 Å². The second kappa shape index (κ2) is 7.44. The second-order valence-electron chi connectivity index (χ2n) is 6.04. The minimum atomic E-state index is -0.247. The monoisotopic (exact) mass is 363 g/mol. The highest BCUT2D eigenvalue weighted by atomic mass is 32.1. The SMILES string of the molecule is Cc1nc(-c2cccs2)c(CCC(=O)N2CCC(C(N)=O)CC2)s1. The van der Waals surface area contributed by atoms with E-state index in [1.165, 1.54) is 4.88 Å². The Morgan fingerprint density at radius 2 is 2.12 bits per heavy atom. The predicted octanol–water partition coefficient (Wildman–Crippen LogP) is 2.84. The summed E-state index contributed by atoms with van der Waals surface area (Å²) >= 11 is 3.34. The lowest BCUT2D eigenvalue weighted by atomic mass is 9.96. The van der Waals surface area contributed by atoms with Gasteiger partial charge in [-0.2, -0.15) is 0 Å². The maximum Gasteiger partial charge on any atom is 0.222 e. The average Bonchev–Trinajstić information content (AvgIpc) is 3.21. The first-order valence-electron chi connectivity index (χ1n) is 8.12. The van der Waals surface area contributed by atoms with Gasteiger partial charge in [0.05, 0.1) is 15.6 Å². The summed E-state index contributed by atoms with van der Waals surface area (Å²) in [6.45, 7) is 3.26. The van der Waals surface area contributed by atoms with Crippen molar-refractivity contribution in [3.63, 3.8) is 0 Å². The number of nitrogens with two attached hydrogens (primary N) is 1. The number of likely N-dealkylation sites (tertiary alicyclic amines) is 1. The van der Waals surface area contributed by atoms with Gasteiger partial charge < -0.3 is 10.6 Å². The number of nitrogens with zero attached hydrogens (tertiary/aromatic N) is 2. The van der Waals surface area contributed by atoms with E-state index in [0.717, 1.165) is 15.6 Å². The number of carbonyl (C=O) groups excluding carboxylic acids is 2. The number of amides is 2. The van der Waals surface area contributed by atoms with E-state index >= 15 is 0 Å². The molecule has 1 aliphatic heterocycles. The van der Waals surface area contributed by atoms with Gasteiger partial charge in [-0.1, -0.05) is 6.07 Å². The van der Waals surface area contributed by atoms with Crippen LogP contribution in [0.5, 0.6) is 0 Å². The van der Waals surface area contributed by atoms with Crippen molar-refractivity contribution in [2.24, 2.45) is 11.7 Å². The molecular formula is C17H21N3O2S2. The molecule has 2 amide bonds. The van der Waals surface area contributed by atoms with E-state index in [-0.39, 0.29) is 17.7 Å². The van der Waals surface area contributed by atoms with Gasteiger partial charge >= 0.3 is 0 Å². The number of aromatic nitrogens is 1. The van der Waals surface area contributed by atoms with E-state index in [9.17, 15) is 9.59 Å². The smallest absolute Gasteiger partial charge is 0.222 e. The fraction of sp³-hybridized carbons (Fsp3) is 0.471. The van der Waals surface area contributed by atoms with Crippen LogP contribution in [0.1, 0.15) is 29.1 Å². The molecule has 7 heteroatoms. The summed E-state index contributed by atoms with van der Waals surface area (Å²) in [6, 6.07) is 4.09. The summed E-state index contributed by atoms with van der Waals surface area (Å²) in [4.78, 5) is 32.5. The molecule has 1 aliphatic rings. The zero-order valence-electron chi connectivity index (χ0n) is 13.7. The molecule has 0 spiro atoms. The van der Waals surface area contributed by atoms with Crippen molar-refractivity contribution < 1.29 is 9.59 Å². The largest absolute Gasteiger partial charge is 0.369 e. The van der Waals surface area contributed by atoms with Crippen LogP contribution in [0.25, 0.3) is 10.6 Å². The Bertz CT molecular complexity index is 716. The summed E-state index contributed by atoms with van der Waals surface area (Å²) < 4.78 is 0. The summed E-state index contributed by atoms with van der Waals surface area (Å²) in [6.07, 6.45) is 2.57. The quantitative estimate of drug-likeness (QED) is 0.887. The van der Waals surface area contributed by atoms with Gasteiger partial charge in [-0.25, -0.2) is 4.98 Å². The van der Waals surface area contributed by atoms with Gasteiger partial charge in [0.25, 0.3) is 0 Å². The van der Waals surface area contributed by atoms with Gasteiger partial charge in [-0.3, -0.25) is 9.59 Å². The van der Waals surface area contributed by atoms with Crippen LogP contribution in [-0.2, 0) is 16.0 Å². The Hall–Kier alpha value is -1.73. The maximum atomic E-state index is 12.4. The summed E-state index contributed by atoms with van der Waals surface area (Å²) in [5.74, 6) is -0.174. The molecule has 3 rings (SSSR count). The molecule has 1 fully saturated rings. The molecule has 0 aliphatic carbocycles. The average molecular weight is 364 g/mol. The highest BCUT2D eigenvalue weighted by Gasteiger charge is 2.26. The molecule has 0 saturated carbocycles. The lowest BCUT2D eigenvalue weighted by Gasteiger charge is -2.30. The first-order valence-corrected chi connectivity index (χ1v) is 9.81. The van der Waals surface area contributed by atoms with Crippen molar-refractivity contribution in [1.29, 1.82) is 0 Å². The van der Waals surface area contributed by atoms with E-state index in [1.54, 1.807) is 22.7 Å². The van der Waals surface area contributed by atoms with Crippen molar-refractivity contribution in [2.45, 2.75) is 32.6 Å². The van der Waals surface area contributed by atoms with Crippen LogP contribution in [0.3, 0.4) is 0 Å². The van der Waals surface area contributed by atoms with Crippen molar-refractivity contribution in [3.05, 3.63) is 27.4 Å². The maximum absolute atomic E-state index is 12.4. The number of carbonyl (C=O) groups is 2. The first-order chi connectivity index (χ1) is 11.5. The third-order valence-corrected chi connectivity index (χ3v) is 6.28. The molecule has 0 aromatic carbocycles. The van der Waals surface area contributed by atoms with Crippen molar-refractivity contribution >= 4 is 34.5 Å². The van der Waals surface area contributed by atoms with Gasteiger partial charge in [0, 0.05) is 30.3 Å². The molecule has 0 atom stereocenters. The Labute approximate surface area is 149 Å². The van der Waals surface area contributed by atoms with Crippen LogP contribution in [0.4, 0.5) is 0 Å². The van der Waals surface area contributed by atoms with Gasteiger partial charge in [0.1, 0.15) is 0 Å². The molecule has 128 valence electrons. The lowest BCUT2D eigenvalue weighted by molar-refractivity contribution is -0.134. The standard InChI is InChI=1S/C17H21N3O2S2/c1-11-19-16(13-3-2-10-23-13)14(24-11)4-5-15(21)20-8-6-12(7-9-20)17(18)22/h2-3,10,12H,4-9H2,1H3,(H2,18,22). The normalized spacial score (nSPS) is 15.6. The van der Waals surface area contributed by atoms with Crippen LogP contribution < -0.4 is 5.73 Å². The molecule has 24 heavy (non-hydrogen) atoms. The third-order valence-electron chi connectivity index (χ3n) is 4.37. The molecule has 2 aromatic rings.